The molecule has 1 aliphatic rings. The maximum absolute atomic E-state index is 11.9. The van der Waals surface area contributed by atoms with Gasteiger partial charge in [0.2, 0.25) is 5.91 Å². The van der Waals surface area contributed by atoms with Crippen LogP contribution in [0.1, 0.15) is 32.6 Å². The molecule has 4 heteroatoms. The molecule has 18 heavy (non-hydrogen) atoms. The van der Waals surface area contributed by atoms with Gasteiger partial charge in [-0.1, -0.05) is 26.3 Å². The molecule has 0 spiro atoms. The number of carbonyl (C=O) groups excluding carboxylic acids is 1. The van der Waals surface area contributed by atoms with E-state index >= 15 is 0 Å². The Morgan fingerprint density at radius 2 is 2.17 bits per heavy atom. The Bertz CT molecular complexity index is 328. The van der Waals surface area contributed by atoms with E-state index in [9.17, 15) is 4.79 Å². The third kappa shape index (κ3) is 3.55. The van der Waals surface area contributed by atoms with Crippen molar-refractivity contribution in [3.8, 4) is 0 Å². The molecule has 1 rings (SSSR count). The van der Waals surface area contributed by atoms with Gasteiger partial charge >= 0.3 is 0 Å². The standard InChI is InChI=1S/C14H24N2OS/c1-4-10-11(13(15)9-18-5-2)7-6-8-12(10)14(17)16-3/h5,9-12H,2,4,6-8,15H2,1,3H3,(H,16,17)/b13-9-. The minimum atomic E-state index is 0.111. The van der Waals surface area contributed by atoms with Crippen molar-refractivity contribution in [3.05, 3.63) is 23.1 Å². The topological polar surface area (TPSA) is 55.1 Å². The molecule has 1 fully saturated rings. The zero-order chi connectivity index (χ0) is 13.5. The highest BCUT2D eigenvalue weighted by molar-refractivity contribution is 8.04. The molecule has 3 N–H and O–H groups in total. The van der Waals surface area contributed by atoms with Gasteiger partial charge in [-0.15, -0.1) is 11.8 Å². The number of allylic oxidation sites excluding steroid dienone is 1. The fourth-order valence-electron chi connectivity index (χ4n) is 2.97. The van der Waals surface area contributed by atoms with Crippen LogP contribution in [-0.2, 0) is 4.79 Å². The zero-order valence-corrected chi connectivity index (χ0v) is 12.1. The number of hydrogen-bond donors (Lipinski definition) is 2. The molecule has 1 amide bonds. The van der Waals surface area contributed by atoms with Crippen LogP contribution < -0.4 is 11.1 Å². The van der Waals surface area contributed by atoms with Crippen LogP contribution >= 0.6 is 11.8 Å². The SMILES string of the molecule is C=CS/C=C(\N)C1CCCC(C(=O)NC)C1CC. The van der Waals surface area contributed by atoms with Gasteiger partial charge in [-0.3, -0.25) is 4.79 Å². The zero-order valence-electron chi connectivity index (χ0n) is 11.3. The summed E-state index contributed by atoms with van der Waals surface area (Å²) >= 11 is 1.51. The average molecular weight is 268 g/mol. The van der Waals surface area contributed by atoms with E-state index in [1.807, 2.05) is 5.41 Å². The molecule has 0 heterocycles. The second-order valence-corrected chi connectivity index (χ2v) is 5.59. The second-order valence-electron chi connectivity index (χ2n) is 4.75. The monoisotopic (exact) mass is 268 g/mol. The summed E-state index contributed by atoms with van der Waals surface area (Å²) < 4.78 is 0. The Balaban J connectivity index is 2.84. The predicted octanol–water partition coefficient (Wildman–Crippen LogP) is 2.85. The molecular weight excluding hydrogens is 244 g/mol. The van der Waals surface area contributed by atoms with Gasteiger partial charge in [0.15, 0.2) is 0 Å². The van der Waals surface area contributed by atoms with E-state index in [1.165, 1.54) is 11.8 Å². The normalized spacial score (nSPS) is 28.8. The van der Waals surface area contributed by atoms with Gasteiger partial charge in [-0.25, -0.2) is 0 Å². The van der Waals surface area contributed by atoms with E-state index in [4.69, 9.17) is 5.73 Å². The quantitative estimate of drug-likeness (QED) is 0.806. The van der Waals surface area contributed by atoms with Crippen molar-refractivity contribution in [3.63, 3.8) is 0 Å². The molecule has 0 bridgehead atoms. The van der Waals surface area contributed by atoms with Crippen molar-refractivity contribution in [2.45, 2.75) is 32.6 Å². The highest BCUT2D eigenvalue weighted by Gasteiger charge is 2.36. The summed E-state index contributed by atoms with van der Waals surface area (Å²) in [6.07, 6.45) is 4.14. The molecule has 0 saturated heterocycles. The maximum atomic E-state index is 11.9. The molecule has 0 aromatic rings. The van der Waals surface area contributed by atoms with Crippen LogP contribution in [0.5, 0.6) is 0 Å². The Hall–Kier alpha value is -0.900. The molecular formula is C14H24N2OS. The van der Waals surface area contributed by atoms with Gasteiger partial charge in [-0.2, -0.15) is 0 Å². The lowest BCUT2D eigenvalue weighted by Crippen LogP contribution is -2.40. The highest BCUT2D eigenvalue weighted by atomic mass is 32.2. The molecule has 3 unspecified atom stereocenters. The summed E-state index contributed by atoms with van der Waals surface area (Å²) in [5.41, 5.74) is 7.07. The average Bonchev–Trinajstić information content (AvgIpc) is 2.42. The fraction of sp³-hybridized carbons (Fsp3) is 0.643. The minimum absolute atomic E-state index is 0.111. The van der Waals surface area contributed by atoms with E-state index in [0.29, 0.717) is 11.8 Å². The Morgan fingerprint density at radius 3 is 2.72 bits per heavy atom. The molecule has 0 radical (unpaired) electrons. The van der Waals surface area contributed by atoms with Crippen LogP contribution in [0.25, 0.3) is 0 Å². The van der Waals surface area contributed by atoms with Crippen LogP contribution in [0.3, 0.4) is 0 Å². The van der Waals surface area contributed by atoms with Crippen LogP contribution in [0.15, 0.2) is 23.1 Å². The fourth-order valence-corrected chi connectivity index (χ4v) is 3.40. The van der Waals surface area contributed by atoms with Crippen molar-refractivity contribution in [2.75, 3.05) is 7.05 Å². The molecule has 0 aliphatic heterocycles. The summed E-state index contributed by atoms with van der Waals surface area (Å²) in [5.74, 6) is 0.967. The molecule has 1 aliphatic carbocycles. The van der Waals surface area contributed by atoms with Crippen molar-refractivity contribution in [2.24, 2.45) is 23.5 Å². The Kier molecular flexibility index (Phi) is 6.33. The number of rotatable bonds is 5. The molecule has 0 aromatic heterocycles. The summed E-state index contributed by atoms with van der Waals surface area (Å²) in [5, 5.41) is 6.52. The Morgan fingerprint density at radius 1 is 1.50 bits per heavy atom. The van der Waals surface area contributed by atoms with E-state index < -0.39 is 0 Å². The minimum Gasteiger partial charge on any atom is -0.401 e. The van der Waals surface area contributed by atoms with E-state index in [0.717, 1.165) is 31.4 Å². The number of nitrogens with two attached hydrogens (primary N) is 1. The molecule has 1 saturated carbocycles. The number of amides is 1. The van der Waals surface area contributed by atoms with Crippen LogP contribution in [-0.4, -0.2) is 13.0 Å². The number of nitrogens with one attached hydrogen (secondary N) is 1. The summed E-state index contributed by atoms with van der Waals surface area (Å²) in [7, 11) is 1.71. The van der Waals surface area contributed by atoms with Gasteiger partial charge in [0, 0.05) is 24.6 Å². The largest absolute Gasteiger partial charge is 0.401 e. The first-order valence-corrected chi connectivity index (χ1v) is 7.53. The third-order valence-corrected chi connectivity index (χ3v) is 4.45. The highest BCUT2D eigenvalue weighted by Crippen LogP contribution is 2.40. The first kappa shape index (κ1) is 15.2. The summed E-state index contributed by atoms with van der Waals surface area (Å²) in [6, 6.07) is 0. The van der Waals surface area contributed by atoms with Crippen molar-refractivity contribution >= 4 is 17.7 Å². The number of carbonyl (C=O) groups is 1. The first-order valence-electron chi connectivity index (χ1n) is 6.59. The molecule has 102 valence electrons. The van der Waals surface area contributed by atoms with Gasteiger partial charge in [0.25, 0.3) is 0 Å². The van der Waals surface area contributed by atoms with E-state index in [1.54, 1.807) is 12.5 Å². The van der Waals surface area contributed by atoms with Crippen molar-refractivity contribution in [1.29, 1.82) is 0 Å². The lowest BCUT2D eigenvalue weighted by atomic mass is 9.69. The first-order chi connectivity index (χ1) is 8.65. The maximum Gasteiger partial charge on any atom is 0.223 e. The van der Waals surface area contributed by atoms with Crippen LogP contribution in [0.4, 0.5) is 0 Å². The predicted molar refractivity (Wildman–Crippen MR) is 78.7 cm³/mol. The molecule has 3 atom stereocenters. The van der Waals surface area contributed by atoms with Crippen molar-refractivity contribution in [1.82, 2.24) is 5.32 Å². The van der Waals surface area contributed by atoms with Gasteiger partial charge in [0.1, 0.15) is 0 Å². The van der Waals surface area contributed by atoms with Crippen LogP contribution in [0, 0.1) is 17.8 Å². The third-order valence-electron chi connectivity index (χ3n) is 3.85. The number of thioether (sulfide) groups is 1. The van der Waals surface area contributed by atoms with E-state index in [-0.39, 0.29) is 11.8 Å². The summed E-state index contributed by atoms with van der Waals surface area (Å²) in [4.78, 5) is 11.9. The smallest absolute Gasteiger partial charge is 0.223 e. The number of hydrogen-bond acceptors (Lipinski definition) is 3. The second kappa shape index (κ2) is 7.52. The van der Waals surface area contributed by atoms with Crippen LogP contribution in [0.2, 0.25) is 0 Å². The Labute approximate surface area is 114 Å². The van der Waals surface area contributed by atoms with Gasteiger partial charge < -0.3 is 11.1 Å². The summed E-state index contributed by atoms with van der Waals surface area (Å²) in [6.45, 7) is 5.82. The van der Waals surface area contributed by atoms with Crippen molar-refractivity contribution < 1.29 is 4.79 Å². The lowest BCUT2D eigenvalue weighted by Gasteiger charge is -2.37. The molecule has 0 aromatic carbocycles. The lowest BCUT2D eigenvalue weighted by molar-refractivity contribution is -0.128. The van der Waals surface area contributed by atoms with Gasteiger partial charge in [0.05, 0.1) is 0 Å². The molecule has 3 nitrogen and oxygen atoms in total. The van der Waals surface area contributed by atoms with E-state index in [2.05, 4.69) is 18.8 Å². The van der Waals surface area contributed by atoms with Gasteiger partial charge in [-0.05, 0) is 29.6 Å².